The molecular weight excluding hydrogens is 164 g/mol. The van der Waals surface area contributed by atoms with Crippen molar-refractivity contribution >= 4 is 0 Å². The fourth-order valence-electron chi connectivity index (χ4n) is 1.80. The number of hydrogen-bond acceptors (Lipinski definition) is 3. The van der Waals surface area contributed by atoms with Crippen LogP contribution in [0.4, 0.5) is 0 Å². The molecule has 0 radical (unpaired) electrons. The van der Waals surface area contributed by atoms with Gasteiger partial charge in [-0.25, -0.2) is 0 Å². The fourth-order valence-corrected chi connectivity index (χ4v) is 1.80. The number of hydrogen-bond donors (Lipinski definition) is 2. The molecule has 0 aromatic heterocycles. The standard InChI is InChI=1S/C10H22N2O/c1-9(2,6-11)12-5-4-10(3,7-12)8-13/h13H,4-8,11H2,1-3H3. The van der Waals surface area contributed by atoms with E-state index in [1.165, 1.54) is 0 Å². The van der Waals surface area contributed by atoms with E-state index in [1.807, 2.05) is 0 Å². The van der Waals surface area contributed by atoms with E-state index in [0.29, 0.717) is 6.54 Å². The number of aliphatic hydroxyl groups excluding tert-OH is 1. The van der Waals surface area contributed by atoms with E-state index in [2.05, 4.69) is 25.7 Å². The Labute approximate surface area is 80.9 Å². The number of rotatable bonds is 3. The third kappa shape index (κ3) is 2.22. The van der Waals surface area contributed by atoms with Crippen LogP contribution in [0, 0.1) is 5.41 Å². The highest BCUT2D eigenvalue weighted by Gasteiger charge is 2.38. The molecule has 0 amide bonds. The molecule has 0 aromatic carbocycles. The second-order valence-corrected chi connectivity index (χ2v) is 5.16. The Morgan fingerprint density at radius 2 is 2.15 bits per heavy atom. The topological polar surface area (TPSA) is 49.5 Å². The maximum Gasteiger partial charge on any atom is 0.0497 e. The quantitative estimate of drug-likeness (QED) is 0.672. The van der Waals surface area contributed by atoms with E-state index >= 15 is 0 Å². The van der Waals surface area contributed by atoms with E-state index in [4.69, 9.17) is 5.73 Å². The molecule has 3 heteroatoms. The summed E-state index contributed by atoms with van der Waals surface area (Å²) in [5, 5.41) is 9.22. The van der Waals surface area contributed by atoms with Crippen LogP contribution in [0.5, 0.6) is 0 Å². The van der Waals surface area contributed by atoms with Crippen LogP contribution in [-0.4, -0.2) is 41.8 Å². The Morgan fingerprint density at radius 1 is 1.54 bits per heavy atom. The van der Waals surface area contributed by atoms with Crippen molar-refractivity contribution < 1.29 is 5.11 Å². The highest BCUT2D eigenvalue weighted by Crippen LogP contribution is 2.33. The van der Waals surface area contributed by atoms with Crippen LogP contribution in [0.2, 0.25) is 0 Å². The number of nitrogens with zero attached hydrogens (tertiary/aromatic N) is 1. The monoisotopic (exact) mass is 186 g/mol. The van der Waals surface area contributed by atoms with Crippen molar-refractivity contribution in [2.75, 3.05) is 26.2 Å². The second-order valence-electron chi connectivity index (χ2n) is 5.16. The fraction of sp³-hybridized carbons (Fsp3) is 1.00. The second kappa shape index (κ2) is 3.56. The number of likely N-dealkylation sites (tertiary alicyclic amines) is 1. The van der Waals surface area contributed by atoms with Gasteiger partial charge in [-0.05, 0) is 26.8 Å². The first-order valence-electron chi connectivity index (χ1n) is 4.99. The summed E-state index contributed by atoms with van der Waals surface area (Å²) >= 11 is 0. The van der Waals surface area contributed by atoms with Gasteiger partial charge in [-0.15, -0.1) is 0 Å². The average Bonchev–Trinajstić information content (AvgIpc) is 2.50. The van der Waals surface area contributed by atoms with Gasteiger partial charge in [-0.1, -0.05) is 6.92 Å². The third-order valence-electron chi connectivity index (χ3n) is 3.30. The van der Waals surface area contributed by atoms with Gasteiger partial charge in [0, 0.05) is 30.7 Å². The first kappa shape index (κ1) is 11.0. The van der Waals surface area contributed by atoms with Crippen LogP contribution in [0.3, 0.4) is 0 Å². The molecule has 0 bridgehead atoms. The molecule has 1 fully saturated rings. The highest BCUT2D eigenvalue weighted by molar-refractivity contribution is 4.93. The van der Waals surface area contributed by atoms with Crippen LogP contribution in [0.1, 0.15) is 27.2 Å². The Hall–Kier alpha value is -0.120. The maximum atomic E-state index is 9.22. The minimum absolute atomic E-state index is 0.0763. The zero-order valence-electron chi connectivity index (χ0n) is 9.01. The molecule has 1 saturated heterocycles. The lowest BCUT2D eigenvalue weighted by Crippen LogP contribution is -2.48. The van der Waals surface area contributed by atoms with Gasteiger partial charge in [0.2, 0.25) is 0 Å². The van der Waals surface area contributed by atoms with Crippen molar-refractivity contribution in [1.82, 2.24) is 4.90 Å². The lowest BCUT2D eigenvalue weighted by Gasteiger charge is -2.35. The van der Waals surface area contributed by atoms with Gasteiger partial charge >= 0.3 is 0 Å². The summed E-state index contributed by atoms with van der Waals surface area (Å²) in [6.07, 6.45) is 1.08. The zero-order chi connectivity index (χ0) is 10.1. The van der Waals surface area contributed by atoms with E-state index in [-0.39, 0.29) is 17.6 Å². The van der Waals surface area contributed by atoms with Gasteiger partial charge in [-0.3, -0.25) is 4.90 Å². The Bertz CT molecular complexity index is 182. The van der Waals surface area contributed by atoms with Crippen LogP contribution < -0.4 is 5.73 Å². The molecular formula is C10H22N2O. The largest absolute Gasteiger partial charge is 0.396 e. The van der Waals surface area contributed by atoms with Crippen LogP contribution in [0.15, 0.2) is 0 Å². The van der Waals surface area contributed by atoms with Crippen molar-refractivity contribution in [3.05, 3.63) is 0 Å². The predicted octanol–water partition coefficient (Wildman–Crippen LogP) is 0.428. The molecule has 0 aliphatic carbocycles. The van der Waals surface area contributed by atoms with Gasteiger partial charge in [0.05, 0.1) is 0 Å². The van der Waals surface area contributed by atoms with Gasteiger partial charge in [-0.2, -0.15) is 0 Å². The minimum atomic E-state index is 0.0763. The van der Waals surface area contributed by atoms with Gasteiger partial charge < -0.3 is 10.8 Å². The summed E-state index contributed by atoms with van der Waals surface area (Å²) in [5.74, 6) is 0. The highest BCUT2D eigenvalue weighted by atomic mass is 16.3. The van der Waals surface area contributed by atoms with E-state index in [1.54, 1.807) is 0 Å². The molecule has 1 atom stereocenters. The lowest BCUT2D eigenvalue weighted by atomic mass is 9.91. The first-order valence-corrected chi connectivity index (χ1v) is 4.99. The summed E-state index contributed by atoms with van der Waals surface area (Å²) in [7, 11) is 0. The number of aliphatic hydroxyl groups is 1. The molecule has 0 saturated carbocycles. The zero-order valence-corrected chi connectivity index (χ0v) is 9.01. The van der Waals surface area contributed by atoms with E-state index in [9.17, 15) is 5.11 Å². The average molecular weight is 186 g/mol. The summed E-state index contributed by atoms with van der Waals surface area (Å²) < 4.78 is 0. The summed E-state index contributed by atoms with van der Waals surface area (Å²) in [6.45, 7) is 9.44. The Balaban J connectivity index is 2.59. The molecule has 0 spiro atoms. The molecule has 1 heterocycles. The van der Waals surface area contributed by atoms with Crippen molar-refractivity contribution in [1.29, 1.82) is 0 Å². The summed E-state index contributed by atoms with van der Waals surface area (Å²) in [6, 6.07) is 0. The molecule has 1 aliphatic heterocycles. The molecule has 1 unspecified atom stereocenters. The molecule has 1 rings (SSSR count). The molecule has 13 heavy (non-hydrogen) atoms. The molecule has 0 aromatic rings. The van der Waals surface area contributed by atoms with Crippen molar-refractivity contribution in [3.63, 3.8) is 0 Å². The van der Waals surface area contributed by atoms with Gasteiger partial charge in [0.25, 0.3) is 0 Å². The van der Waals surface area contributed by atoms with Gasteiger partial charge in [0.1, 0.15) is 0 Å². The van der Waals surface area contributed by atoms with E-state index in [0.717, 1.165) is 19.5 Å². The van der Waals surface area contributed by atoms with Crippen LogP contribution in [0.25, 0.3) is 0 Å². The van der Waals surface area contributed by atoms with Crippen molar-refractivity contribution in [3.8, 4) is 0 Å². The van der Waals surface area contributed by atoms with Crippen LogP contribution >= 0.6 is 0 Å². The molecule has 78 valence electrons. The van der Waals surface area contributed by atoms with Crippen molar-refractivity contribution in [2.45, 2.75) is 32.7 Å². The smallest absolute Gasteiger partial charge is 0.0497 e. The predicted molar refractivity (Wildman–Crippen MR) is 54.5 cm³/mol. The molecule has 1 aliphatic rings. The maximum absolute atomic E-state index is 9.22. The van der Waals surface area contributed by atoms with Gasteiger partial charge in [0.15, 0.2) is 0 Å². The Kier molecular flexibility index (Phi) is 3.00. The summed E-state index contributed by atoms with van der Waals surface area (Å²) in [5.41, 5.74) is 5.88. The summed E-state index contributed by atoms with van der Waals surface area (Å²) in [4.78, 5) is 2.38. The lowest BCUT2D eigenvalue weighted by molar-refractivity contribution is 0.108. The normalized spacial score (nSPS) is 31.2. The first-order chi connectivity index (χ1) is 5.93. The SMILES string of the molecule is CC1(CO)CCN(C(C)(C)CN)C1. The minimum Gasteiger partial charge on any atom is -0.396 e. The van der Waals surface area contributed by atoms with E-state index < -0.39 is 0 Å². The molecule has 3 N–H and O–H groups in total. The molecule has 3 nitrogen and oxygen atoms in total. The third-order valence-corrected chi connectivity index (χ3v) is 3.30. The number of nitrogens with two attached hydrogens (primary N) is 1. The van der Waals surface area contributed by atoms with Crippen LogP contribution in [-0.2, 0) is 0 Å². The van der Waals surface area contributed by atoms with Crippen molar-refractivity contribution in [2.24, 2.45) is 11.1 Å². The Morgan fingerprint density at radius 3 is 2.54 bits per heavy atom.